The van der Waals surface area contributed by atoms with E-state index in [2.05, 4.69) is 0 Å². The summed E-state index contributed by atoms with van der Waals surface area (Å²) >= 11 is 12.2. The van der Waals surface area contributed by atoms with Crippen LogP contribution in [0.1, 0.15) is 25.0 Å². The molecule has 2 unspecified atom stereocenters. The molecule has 2 amide bonds. The highest BCUT2D eigenvalue weighted by molar-refractivity contribution is 6.46. The minimum atomic E-state index is -0.366. The third kappa shape index (κ3) is 3.73. The Labute approximate surface area is 185 Å². The summed E-state index contributed by atoms with van der Waals surface area (Å²) in [6.07, 6.45) is -0.116. The molecular weight excluding hydrogens is 423 g/mol. The number of amides is 2. The molecule has 0 aliphatic carbocycles. The normalized spacial score (nSPS) is 22.3. The van der Waals surface area contributed by atoms with E-state index < -0.39 is 0 Å². The van der Waals surface area contributed by atoms with Gasteiger partial charge in [0.05, 0.1) is 23.5 Å². The van der Waals surface area contributed by atoms with Gasteiger partial charge in [-0.3, -0.25) is 9.59 Å². The van der Waals surface area contributed by atoms with Gasteiger partial charge < -0.3 is 9.64 Å². The first-order valence-corrected chi connectivity index (χ1v) is 10.6. The van der Waals surface area contributed by atoms with Gasteiger partial charge in [-0.05, 0) is 56.2 Å². The molecule has 30 heavy (non-hydrogen) atoms. The van der Waals surface area contributed by atoms with Gasteiger partial charge in [-0.1, -0.05) is 41.4 Å². The van der Waals surface area contributed by atoms with Crippen LogP contribution in [0.3, 0.4) is 0 Å². The van der Waals surface area contributed by atoms with Crippen LogP contribution in [0.4, 0.5) is 5.69 Å². The van der Waals surface area contributed by atoms with E-state index in [-0.39, 0.29) is 24.0 Å². The summed E-state index contributed by atoms with van der Waals surface area (Å²) < 4.78 is 5.83. The maximum atomic E-state index is 13.6. The SMILES string of the molecule is Cc1ccc(Cl)cc1N1C(=O)C(c2ccc(Cl)cc2)=C(N2CC(C)OC(C)C2)C1=O. The number of hydrogen-bond acceptors (Lipinski definition) is 4. The van der Waals surface area contributed by atoms with Crippen molar-refractivity contribution in [3.63, 3.8) is 0 Å². The fourth-order valence-corrected chi connectivity index (χ4v) is 4.38. The van der Waals surface area contributed by atoms with E-state index >= 15 is 0 Å². The molecular formula is C23H22Cl2N2O3. The highest BCUT2D eigenvalue weighted by Gasteiger charge is 2.44. The van der Waals surface area contributed by atoms with Gasteiger partial charge in [0.15, 0.2) is 0 Å². The number of anilines is 1. The fourth-order valence-electron chi connectivity index (χ4n) is 4.09. The van der Waals surface area contributed by atoms with Crippen molar-refractivity contribution in [1.29, 1.82) is 0 Å². The van der Waals surface area contributed by atoms with E-state index in [1.54, 1.807) is 42.5 Å². The number of ether oxygens (including phenoxy) is 1. The molecule has 2 aliphatic rings. The van der Waals surface area contributed by atoms with Crippen molar-refractivity contribution in [2.24, 2.45) is 0 Å². The highest BCUT2D eigenvalue weighted by Crippen LogP contribution is 2.38. The lowest BCUT2D eigenvalue weighted by Gasteiger charge is -2.37. The Morgan fingerprint density at radius 3 is 2.13 bits per heavy atom. The van der Waals surface area contributed by atoms with Gasteiger partial charge in [0, 0.05) is 23.1 Å². The molecule has 0 bridgehead atoms. The number of rotatable bonds is 3. The first kappa shape index (κ1) is 20.9. The van der Waals surface area contributed by atoms with Crippen molar-refractivity contribution in [2.75, 3.05) is 18.0 Å². The molecule has 156 valence electrons. The predicted octanol–water partition coefficient (Wildman–Crippen LogP) is 4.70. The number of carbonyl (C=O) groups excluding carboxylic acids is 2. The molecule has 0 aromatic heterocycles. The molecule has 7 heteroatoms. The van der Waals surface area contributed by atoms with E-state index in [0.29, 0.717) is 45.7 Å². The number of hydrogen-bond donors (Lipinski definition) is 0. The number of imide groups is 1. The molecule has 1 saturated heterocycles. The Morgan fingerprint density at radius 1 is 0.900 bits per heavy atom. The summed E-state index contributed by atoms with van der Waals surface area (Å²) in [5.74, 6) is -0.717. The van der Waals surface area contributed by atoms with E-state index in [0.717, 1.165) is 5.56 Å². The topological polar surface area (TPSA) is 49.9 Å². The molecule has 4 rings (SSSR count). The Balaban J connectivity index is 1.86. The van der Waals surface area contributed by atoms with Crippen LogP contribution in [0.25, 0.3) is 5.57 Å². The van der Waals surface area contributed by atoms with E-state index in [1.165, 1.54) is 4.90 Å². The quantitative estimate of drug-likeness (QED) is 0.643. The monoisotopic (exact) mass is 444 g/mol. The van der Waals surface area contributed by atoms with Crippen molar-refractivity contribution in [3.05, 3.63) is 69.3 Å². The van der Waals surface area contributed by atoms with Crippen molar-refractivity contribution < 1.29 is 14.3 Å². The van der Waals surface area contributed by atoms with Gasteiger partial charge in [-0.25, -0.2) is 4.90 Å². The minimum absolute atomic E-state index is 0.0578. The van der Waals surface area contributed by atoms with Gasteiger partial charge in [-0.2, -0.15) is 0 Å². The molecule has 2 aliphatic heterocycles. The zero-order valence-corrected chi connectivity index (χ0v) is 18.5. The van der Waals surface area contributed by atoms with Gasteiger partial charge in [0.2, 0.25) is 0 Å². The molecule has 0 radical (unpaired) electrons. The second-order valence-corrected chi connectivity index (χ2v) is 8.64. The van der Waals surface area contributed by atoms with Gasteiger partial charge in [0.1, 0.15) is 5.70 Å². The van der Waals surface area contributed by atoms with E-state index in [1.807, 2.05) is 25.7 Å². The molecule has 2 atom stereocenters. The summed E-state index contributed by atoms with van der Waals surface area (Å²) in [6, 6.07) is 12.2. The van der Waals surface area contributed by atoms with Crippen molar-refractivity contribution >= 4 is 46.3 Å². The Kier molecular flexibility index (Phi) is 5.62. The van der Waals surface area contributed by atoms with Crippen LogP contribution < -0.4 is 4.90 Å². The Morgan fingerprint density at radius 2 is 1.50 bits per heavy atom. The first-order chi connectivity index (χ1) is 14.3. The maximum absolute atomic E-state index is 13.6. The predicted molar refractivity (Wildman–Crippen MR) is 119 cm³/mol. The molecule has 5 nitrogen and oxygen atoms in total. The summed E-state index contributed by atoms with van der Waals surface area (Å²) in [5, 5.41) is 1.03. The molecule has 2 aromatic rings. The van der Waals surface area contributed by atoms with Gasteiger partial charge in [0.25, 0.3) is 11.8 Å². The Bertz CT molecular complexity index is 1040. The molecule has 1 fully saturated rings. The average molecular weight is 445 g/mol. The highest BCUT2D eigenvalue weighted by atomic mass is 35.5. The standard InChI is InChI=1S/C23H22Cl2N2O3/c1-13-4-7-18(25)10-19(13)27-22(28)20(16-5-8-17(24)9-6-16)21(23(27)29)26-11-14(2)30-15(3)12-26/h4-10,14-15H,11-12H2,1-3H3. The lowest BCUT2D eigenvalue weighted by Crippen LogP contribution is -2.47. The van der Waals surface area contributed by atoms with Crippen LogP contribution in [-0.2, 0) is 14.3 Å². The number of nitrogens with zero attached hydrogens (tertiary/aromatic N) is 2. The van der Waals surface area contributed by atoms with Crippen LogP contribution in [0.5, 0.6) is 0 Å². The number of benzene rings is 2. The van der Waals surface area contributed by atoms with Crippen LogP contribution >= 0.6 is 23.2 Å². The Hall–Kier alpha value is -2.34. The molecule has 2 heterocycles. The second kappa shape index (κ2) is 8.06. The lowest BCUT2D eigenvalue weighted by atomic mass is 10.0. The number of morpholine rings is 1. The zero-order valence-electron chi connectivity index (χ0n) is 17.0. The van der Waals surface area contributed by atoms with E-state index in [9.17, 15) is 9.59 Å². The van der Waals surface area contributed by atoms with Crippen LogP contribution in [0, 0.1) is 6.92 Å². The summed E-state index contributed by atoms with van der Waals surface area (Å²) in [6.45, 7) is 6.83. The largest absolute Gasteiger partial charge is 0.372 e. The number of aryl methyl sites for hydroxylation is 1. The number of halogens is 2. The summed E-state index contributed by atoms with van der Waals surface area (Å²) in [4.78, 5) is 30.4. The van der Waals surface area contributed by atoms with E-state index in [4.69, 9.17) is 27.9 Å². The third-order valence-electron chi connectivity index (χ3n) is 5.34. The smallest absolute Gasteiger partial charge is 0.282 e. The van der Waals surface area contributed by atoms with Crippen molar-refractivity contribution in [2.45, 2.75) is 33.0 Å². The summed E-state index contributed by atoms with van der Waals surface area (Å²) in [7, 11) is 0. The van der Waals surface area contributed by atoms with Gasteiger partial charge in [-0.15, -0.1) is 0 Å². The van der Waals surface area contributed by atoms with Crippen LogP contribution in [-0.4, -0.2) is 42.0 Å². The van der Waals surface area contributed by atoms with Crippen molar-refractivity contribution in [1.82, 2.24) is 4.90 Å². The van der Waals surface area contributed by atoms with Gasteiger partial charge >= 0.3 is 0 Å². The number of carbonyl (C=O) groups is 2. The fraction of sp³-hybridized carbons (Fsp3) is 0.304. The average Bonchev–Trinajstić information content (AvgIpc) is 2.94. The minimum Gasteiger partial charge on any atom is -0.372 e. The van der Waals surface area contributed by atoms with Crippen LogP contribution in [0.2, 0.25) is 10.0 Å². The first-order valence-electron chi connectivity index (χ1n) is 9.82. The summed E-state index contributed by atoms with van der Waals surface area (Å²) in [5.41, 5.74) is 2.71. The van der Waals surface area contributed by atoms with Crippen molar-refractivity contribution in [3.8, 4) is 0 Å². The second-order valence-electron chi connectivity index (χ2n) is 7.77. The van der Waals surface area contributed by atoms with Crippen LogP contribution in [0.15, 0.2) is 48.2 Å². The molecule has 0 spiro atoms. The molecule has 0 saturated carbocycles. The maximum Gasteiger partial charge on any atom is 0.282 e. The molecule has 0 N–H and O–H groups in total. The lowest BCUT2D eigenvalue weighted by molar-refractivity contribution is -0.121. The third-order valence-corrected chi connectivity index (χ3v) is 5.83. The zero-order chi connectivity index (χ0) is 21.6. The molecule has 2 aromatic carbocycles.